The minimum Gasteiger partial charge on any atom is -0.338 e. The first kappa shape index (κ1) is 19.3. The summed E-state index contributed by atoms with van der Waals surface area (Å²) >= 11 is 1.36. The van der Waals surface area contributed by atoms with E-state index in [0.717, 1.165) is 5.52 Å². The molecule has 2 amide bonds. The molecule has 0 spiro atoms. The molecule has 0 saturated heterocycles. The van der Waals surface area contributed by atoms with Gasteiger partial charge in [-0.1, -0.05) is 6.07 Å². The summed E-state index contributed by atoms with van der Waals surface area (Å²) < 4.78 is 1.73. The van der Waals surface area contributed by atoms with E-state index in [2.05, 4.69) is 10.6 Å². The highest BCUT2D eigenvalue weighted by molar-refractivity contribution is 7.12. The van der Waals surface area contributed by atoms with Crippen LogP contribution in [-0.4, -0.2) is 21.3 Å². The standard InChI is InChI=1S/C21H16N4O4S/c26-20(13-24-10-9-14-12-17(25(28)29)7-8-18(14)24)22-15-3-5-16(6-4-15)23-21(27)19-2-1-11-30-19/h1-12H,13H2,(H,22,26)(H,23,27). The number of thiophene rings is 1. The van der Waals surface area contributed by atoms with Gasteiger partial charge in [0, 0.05) is 40.6 Å². The smallest absolute Gasteiger partial charge is 0.270 e. The molecule has 0 bridgehead atoms. The van der Waals surface area contributed by atoms with Gasteiger partial charge in [0.2, 0.25) is 5.91 Å². The average molecular weight is 420 g/mol. The number of nitro benzene ring substituents is 1. The van der Waals surface area contributed by atoms with Crippen LogP contribution in [0, 0.1) is 10.1 Å². The highest BCUT2D eigenvalue weighted by atomic mass is 32.1. The summed E-state index contributed by atoms with van der Waals surface area (Å²) in [6.07, 6.45) is 1.72. The third-order valence-electron chi connectivity index (χ3n) is 4.45. The number of hydrogen-bond acceptors (Lipinski definition) is 5. The molecule has 0 unspecified atom stereocenters. The van der Waals surface area contributed by atoms with E-state index < -0.39 is 4.92 Å². The van der Waals surface area contributed by atoms with Crippen molar-refractivity contribution >= 4 is 51.1 Å². The fourth-order valence-corrected chi connectivity index (χ4v) is 3.65. The molecule has 150 valence electrons. The third-order valence-corrected chi connectivity index (χ3v) is 5.32. The van der Waals surface area contributed by atoms with Crippen LogP contribution in [0.25, 0.3) is 10.9 Å². The second-order valence-electron chi connectivity index (χ2n) is 6.50. The van der Waals surface area contributed by atoms with E-state index in [1.54, 1.807) is 53.2 Å². The lowest BCUT2D eigenvalue weighted by Gasteiger charge is -2.09. The molecular weight excluding hydrogens is 404 g/mol. The van der Waals surface area contributed by atoms with Crippen molar-refractivity contribution in [2.45, 2.75) is 6.54 Å². The zero-order valence-electron chi connectivity index (χ0n) is 15.6. The Hall–Kier alpha value is -3.98. The molecule has 4 aromatic rings. The van der Waals surface area contributed by atoms with Crippen LogP contribution in [0.2, 0.25) is 0 Å². The van der Waals surface area contributed by atoms with Gasteiger partial charge in [-0.15, -0.1) is 11.3 Å². The van der Waals surface area contributed by atoms with E-state index in [4.69, 9.17) is 0 Å². The SMILES string of the molecule is O=C(Cn1ccc2cc([N+](=O)[O-])ccc21)Nc1ccc(NC(=O)c2cccs2)cc1. The lowest BCUT2D eigenvalue weighted by Crippen LogP contribution is -2.18. The summed E-state index contributed by atoms with van der Waals surface area (Å²) in [5, 5.41) is 19.0. The Balaban J connectivity index is 1.39. The zero-order valence-corrected chi connectivity index (χ0v) is 16.4. The predicted molar refractivity (Wildman–Crippen MR) is 116 cm³/mol. The van der Waals surface area contributed by atoms with Gasteiger partial charge in [-0.05, 0) is 47.8 Å². The summed E-state index contributed by atoms with van der Waals surface area (Å²) in [5.41, 5.74) is 1.98. The highest BCUT2D eigenvalue weighted by Crippen LogP contribution is 2.22. The van der Waals surface area contributed by atoms with Crippen LogP contribution >= 0.6 is 11.3 Å². The number of nitro groups is 1. The average Bonchev–Trinajstić information content (AvgIpc) is 3.39. The first-order chi connectivity index (χ1) is 14.5. The van der Waals surface area contributed by atoms with E-state index in [9.17, 15) is 19.7 Å². The van der Waals surface area contributed by atoms with E-state index in [1.165, 1.54) is 23.5 Å². The molecule has 4 rings (SSSR count). The molecule has 30 heavy (non-hydrogen) atoms. The maximum Gasteiger partial charge on any atom is 0.270 e. The molecule has 0 saturated carbocycles. The van der Waals surface area contributed by atoms with E-state index in [0.29, 0.717) is 21.6 Å². The summed E-state index contributed by atoms with van der Waals surface area (Å²) in [6.45, 7) is 0.0676. The van der Waals surface area contributed by atoms with Gasteiger partial charge in [-0.25, -0.2) is 0 Å². The fourth-order valence-electron chi connectivity index (χ4n) is 3.03. The van der Waals surface area contributed by atoms with Crippen LogP contribution in [0.1, 0.15) is 9.67 Å². The van der Waals surface area contributed by atoms with E-state index >= 15 is 0 Å². The molecule has 0 aliphatic rings. The van der Waals surface area contributed by atoms with Gasteiger partial charge in [0.1, 0.15) is 6.54 Å². The van der Waals surface area contributed by atoms with Crippen molar-refractivity contribution in [3.8, 4) is 0 Å². The molecule has 2 heterocycles. The molecule has 0 aliphatic heterocycles. The first-order valence-electron chi connectivity index (χ1n) is 8.98. The molecule has 8 nitrogen and oxygen atoms in total. The van der Waals surface area contributed by atoms with Crippen molar-refractivity contribution in [1.29, 1.82) is 0 Å². The van der Waals surface area contributed by atoms with Crippen molar-refractivity contribution in [3.05, 3.63) is 87.2 Å². The minimum absolute atomic E-state index is 0.0101. The van der Waals surface area contributed by atoms with Crippen molar-refractivity contribution in [3.63, 3.8) is 0 Å². The number of nitrogens with zero attached hydrogens (tertiary/aromatic N) is 2. The Morgan fingerprint density at radius 2 is 1.73 bits per heavy atom. The quantitative estimate of drug-likeness (QED) is 0.354. The summed E-state index contributed by atoms with van der Waals surface area (Å²) in [5.74, 6) is -0.414. The second-order valence-corrected chi connectivity index (χ2v) is 7.45. The normalized spacial score (nSPS) is 10.7. The monoisotopic (exact) mass is 420 g/mol. The molecule has 0 radical (unpaired) electrons. The number of anilines is 2. The number of hydrogen-bond donors (Lipinski definition) is 2. The summed E-state index contributed by atoms with van der Waals surface area (Å²) in [7, 11) is 0. The van der Waals surface area contributed by atoms with Crippen LogP contribution < -0.4 is 10.6 Å². The lowest BCUT2D eigenvalue weighted by atomic mass is 10.2. The predicted octanol–water partition coefficient (Wildman–Crippen LogP) is 4.50. The number of nitrogens with one attached hydrogen (secondary N) is 2. The Kier molecular flexibility index (Phi) is 5.27. The fraction of sp³-hybridized carbons (Fsp3) is 0.0476. The Morgan fingerprint density at radius 1 is 1.00 bits per heavy atom. The topological polar surface area (TPSA) is 106 Å². The molecule has 0 aliphatic carbocycles. The van der Waals surface area contributed by atoms with E-state index in [-0.39, 0.29) is 24.0 Å². The van der Waals surface area contributed by atoms with Gasteiger partial charge in [-0.3, -0.25) is 19.7 Å². The van der Waals surface area contributed by atoms with Crippen LogP contribution in [0.5, 0.6) is 0 Å². The second kappa shape index (κ2) is 8.18. The number of fused-ring (bicyclic) bond motifs is 1. The van der Waals surface area contributed by atoms with E-state index in [1.807, 2.05) is 11.4 Å². The maximum absolute atomic E-state index is 12.4. The number of benzene rings is 2. The first-order valence-corrected chi connectivity index (χ1v) is 9.85. The minimum atomic E-state index is -0.448. The van der Waals surface area contributed by atoms with Gasteiger partial charge in [0.25, 0.3) is 11.6 Å². The number of amides is 2. The molecule has 2 aromatic carbocycles. The molecule has 2 aromatic heterocycles. The van der Waals surface area contributed by atoms with Crippen molar-refractivity contribution in [2.75, 3.05) is 10.6 Å². The third kappa shape index (κ3) is 4.20. The van der Waals surface area contributed by atoms with Crippen molar-refractivity contribution < 1.29 is 14.5 Å². The number of aromatic nitrogens is 1. The Morgan fingerprint density at radius 3 is 2.40 bits per heavy atom. The molecule has 0 atom stereocenters. The Bertz CT molecular complexity index is 1230. The summed E-state index contributed by atoms with van der Waals surface area (Å²) in [6, 6.07) is 16.7. The Labute approximate surface area is 174 Å². The summed E-state index contributed by atoms with van der Waals surface area (Å²) in [4.78, 5) is 35.5. The van der Waals surface area contributed by atoms with Gasteiger partial charge in [-0.2, -0.15) is 0 Å². The molecule has 0 fully saturated rings. The molecule has 2 N–H and O–H groups in total. The van der Waals surface area contributed by atoms with Crippen LogP contribution in [0.15, 0.2) is 72.2 Å². The van der Waals surface area contributed by atoms with Crippen LogP contribution in [0.4, 0.5) is 17.1 Å². The van der Waals surface area contributed by atoms with Crippen molar-refractivity contribution in [2.24, 2.45) is 0 Å². The van der Waals surface area contributed by atoms with Crippen molar-refractivity contribution in [1.82, 2.24) is 4.57 Å². The van der Waals surface area contributed by atoms with Crippen LogP contribution in [0.3, 0.4) is 0 Å². The zero-order chi connectivity index (χ0) is 21.1. The largest absolute Gasteiger partial charge is 0.338 e. The molecular formula is C21H16N4O4S. The van der Waals surface area contributed by atoms with Gasteiger partial charge in [0.05, 0.1) is 9.80 Å². The van der Waals surface area contributed by atoms with Gasteiger partial charge >= 0.3 is 0 Å². The molecule has 9 heteroatoms. The number of non-ortho nitro benzene ring substituents is 1. The van der Waals surface area contributed by atoms with Crippen LogP contribution in [-0.2, 0) is 11.3 Å². The van der Waals surface area contributed by atoms with Gasteiger partial charge in [0.15, 0.2) is 0 Å². The number of rotatable bonds is 6. The number of carbonyl (C=O) groups excluding carboxylic acids is 2. The van der Waals surface area contributed by atoms with Gasteiger partial charge < -0.3 is 15.2 Å². The highest BCUT2D eigenvalue weighted by Gasteiger charge is 2.11. The lowest BCUT2D eigenvalue weighted by molar-refractivity contribution is -0.384. The maximum atomic E-state index is 12.4. The number of carbonyl (C=O) groups is 2.